The maximum atomic E-state index is 12.8. The summed E-state index contributed by atoms with van der Waals surface area (Å²) in [5.74, 6) is -2.02. The van der Waals surface area contributed by atoms with E-state index in [0.29, 0.717) is 17.9 Å². The van der Waals surface area contributed by atoms with E-state index in [1.807, 2.05) is 12.1 Å². The maximum Gasteiger partial charge on any atom is 0.516 e. The summed E-state index contributed by atoms with van der Waals surface area (Å²) in [5, 5.41) is 0. The van der Waals surface area contributed by atoms with Crippen LogP contribution in [0.1, 0.15) is 31.8 Å². The van der Waals surface area contributed by atoms with E-state index in [1.54, 1.807) is 24.3 Å². The molecule has 14 nitrogen and oxygen atoms in total. The van der Waals surface area contributed by atoms with Crippen LogP contribution in [0.2, 0.25) is 0 Å². The first-order valence-electron chi connectivity index (χ1n) is 14.8. The van der Waals surface area contributed by atoms with Gasteiger partial charge in [-0.1, -0.05) is 25.3 Å². The molecule has 0 aromatic heterocycles. The van der Waals surface area contributed by atoms with Gasteiger partial charge in [0.05, 0.1) is 11.1 Å². The quantitative estimate of drug-likeness (QED) is 0.0481. The number of hydrogen-bond acceptors (Lipinski definition) is 14. The largest absolute Gasteiger partial charge is 0.516 e. The van der Waals surface area contributed by atoms with Crippen molar-refractivity contribution in [1.82, 2.24) is 0 Å². The van der Waals surface area contributed by atoms with Crippen molar-refractivity contribution in [2.24, 2.45) is 0 Å². The van der Waals surface area contributed by atoms with E-state index < -0.39 is 49.8 Å². The molecule has 258 valence electrons. The van der Waals surface area contributed by atoms with Gasteiger partial charge in [-0.05, 0) is 101 Å². The monoisotopic (exact) mass is 694 g/mol. The molecule has 0 aliphatic heterocycles. The van der Waals surface area contributed by atoms with Gasteiger partial charge in [-0.3, -0.25) is 0 Å². The van der Waals surface area contributed by atoms with E-state index in [0.717, 1.165) is 34.4 Å². The van der Waals surface area contributed by atoms with Crippen LogP contribution >= 0.6 is 0 Å². The Morgan fingerprint density at radius 2 is 0.863 bits per heavy atom. The number of esters is 4. The Hall–Kier alpha value is -7.22. The third-order valence-electron chi connectivity index (χ3n) is 6.92. The zero-order chi connectivity index (χ0) is 36.3. The van der Waals surface area contributed by atoms with E-state index in [-0.39, 0.29) is 22.6 Å². The summed E-state index contributed by atoms with van der Waals surface area (Å²) < 4.78 is 39.3. The molecule has 0 atom stereocenters. The van der Waals surface area contributed by atoms with E-state index in [2.05, 4.69) is 32.1 Å². The Kier molecular flexibility index (Phi) is 11.2. The highest BCUT2D eigenvalue weighted by atomic mass is 16.8. The molecule has 0 N–H and O–H groups in total. The van der Waals surface area contributed by atoms with Gasteiger partial charge in [0.15, 0.2) is 0 Å². The minimum absolute atomic E-state index is 0.0849. The fourth-order valence-electron chi connectivity index (χ4n) is 4.58. The summed E-state index contributed by atoms with van der Waals surface area (Å²) in [5.41, 5.74) is 4.05. The molecule has 1 aliphatic carbocycles. The van der Waals surface area contributed by atoms with Crippen LogP contribution in [-0.2, 0) is 35.0 Å². The number of rotatable bonds is 12. The molecule has 0 amide bonds. The van der Waals surface area contributed by atoms with Crippen molar-refractivity contribution in [3.05, 3.63) is 132 Å². The molecule has 0 fully saturated rings. The third-order valence-corrected chi connectivity index (χ3v) is 6.92. The minimum Gasteiger partial charge on any atom is -0.425 e. The fourth-order valence-corrected chi connectivity index (χ4v) is 4.58. The van der Waals surface area contributed by atoms with Crippen molar-refractivity contribution >= 4 is 36.2 Å². The Morgan fingerprint density at radius 1 is 0.490 bits per heavy atom. The zero-order valence-corrected chi connectivity index (χ0v) is 26.5. The van der Waals surface area contributed by atoms with Gasteiger partial charge in [-0.2, -0.15) is 0 Å². The summed E-state index contributed by atoms with van der Waals surface area (Å²) in [7, 11) is 0. The average molecular weight is 695 g/mol. The summed E-state index contributed by atoms with van der Waals surface area (Å²) in [6, 6.07) is 21.6. The highest BCUT2D eigenvalue weighted by Gasteiger charge is 2.22. The molecule has 0 radical (unpaired) electrons. The van der Waals surface area contributed by atoms with Crippen molar-refractivity contribution in [3.63, 3.8) is 0 Å². The van der Waals surface area contributed by atoms with Crippen LogP contribution in [0.5, 0.6) is 23.0 Å². The Morgan fingerprint density at radius 3 is 1.24 bits per heavy atom. The first-order chi connectivity index (χ1) is 24.6. The molecule has 51 heavy (non-hydrogen) atoms. The number of fused-ring (bicyclic) bond motifs is 3. The number of carbonyl (C=O) groups excluding carboxylic acids is 6. The molecule has 1 aliphatic rings. The van der Waals surface area contributed by atoms with Gasteiger partial charge >= 0.3 is 36.2 Å². The van der Waals surface area contributed by atoms with E-state index >= 15 is 0 Å². The molecule has 4 aromatic carbocycles. The second kappa shape index (κ2) is 16.3. The first-order valence-corrected chi connectivity index (χ1v) is 14.8. The SMILES string of the molecule is C=CC(=O)OCOC(=O)Oc1ccc(C(=O)Oc2ccc3c(c2)Cc2cc(OC(=O)c4ccc(OC(=O)OCOC(=O)C=C)cc4)ccc2-3)cc1. The number of ether oxygens (including phenoxy) is 8. The third kappa shape index (κ3) is 9.45. The van der Waals surface area contributed by atoms with Crippen molar-refractivity contribution in [1.29, 1.82) is 0 Å². The molecule has 0 heterocycles. The lowest BCUT2D eigenvalue weighted by Crippen LogP contribution is -2.15. The van der Waals surface area contributed by atoms with Gasteiger partial charge in [0.25, 0.3) is 0 Å². The lowest BCUT2D eigenvalue weighted by Gasteiger charge is -2.09. The van der Waals surface area contributed by atoms with Crippen molar-refractivity contribution in [3.8, 4) is 34.1 Å². The predicted octanol–water partition coefficient (Wildman–Crippen LogP) is 6.10. The summed E-state index contributed by atoms with van der Waals surface area (Å²) in [6.45, 7) is 5.14. The fraction of sp³-hybridized carbons (Fsp3) is 0.0811. The standard InChI is InChI=1S/C37H26O14/c1-3-32(38)44-20-46-36(42)50-26-9-5-22(6-10-26)34(40)48-28-13-15-30-24(18-28)17-25-19-29(14-16-31(25)30)49-35(41)23-7-11-27(12-8-23)51-37(43)47-21-45-33(39)4-2/h3-16,18-19H,1-2,17,20-21H2. The van der Waals surface area contributed by atoms with Crippen LogP contribution in [0.3, 0.4) is 0 Å². The van der Waals surface area contributed by atoms with Crippen LogP contribution in [0.4, 0.5) is 9.59 Å². The van der Waals surface area contributed by atoms with E-state index in [4.69, 9.17) is 18.9 Å². The first kappa shape index (κ1) is 35.1. The predicted molar refractivity (Wildman–Crippen MR) is 174 cm³/mol. The zero-order valence-electron chi connectivity index (χ0n) is 26.5. The van der Waals surface area contributed by atoms with Crippen molar-refractivity contribution < 1.29 is 66.7 Å². The molecule has 14 heteroatoms. The summed E-state index contributed by atoms with van der Waals surface area (Å²) in [4.78, 5) is 71.0. The molecule has 0 saturated carbocycles. The van der Waals surface area contributed by atoms with Crippen LogP contribution in [0.15, 0.2) is 110 Å². The Bertz CT molecular complexity index is 1870. The maximum absolute atomic E-state index is 12.8. The normalized spacial score (nSPS) is 10.7. The second-order valence-corrected chi connectivity index (χ2v) is 10.2. The molecule has 5 rings (SSSR count). The highest BCUT2D eigenvalue weighted by molar-refractivity contribution is 5.92. The number of benzene rings is 4. The smallest absolute Gasteiger partial charge is 0.425 e. The van der Waals surface area contributed by atoms with Crippen molar-refractivity contribution in [2.45, 2.75) is 6.42 Å². The lowest BCUT2D eigenvalue weighted by molar-refractivity contribution is -0.147. The molecule has 4 aromatic rings. The highest BCUT2D eigenvalue weighted by Crippen LogP contribution is 2.40. The Balaban J connectivity index is 1.12. The molecule has 0 bridgehead atoms. The molecular formula is C37H26O14. The van der Waals surface area contributed by atoms with Gasteiger partial charge < -0.3 is 37.9 Å². The van der Waals surface area contributed by atoms with E-state index in [9.17, 15) is 28.8 Å². The summed E-state index contributed by atoms with van der Waals surface area (Å²) >= 11 is 0. The van der Waals surface area contributed by atoms with Gasteiger partial charge in [0, 0.05) is 12.2 Å². The average Bonchev–Trinajstić information content (AvgIpc) is 3.48. The van der Waals surface area contributed by atoms with Gasteiger partial charge in [0.1, 0.15) is 23.0 Å². The van der Waals surface area contributed by atoms with Crippen LogP contribution in [0, 0.1) is 0 Å². The van der Waals surface area contributed by atoms with Crippen molar-refractivity contribution in [2.75, 3.05) is 13.6 Å². The van der Waals surface area contributed by atoms with Gasteiger partial charge in [-0.25, -0.2) is 28.8 Å². The van der Waals surface area contributed by atoms with Crippen LogP contribution < -0.4 is 18.9 Å². The van der Waals surface area contributed by atoms with E-state index in [1.165, 1.54) is 48.5 Å². The number of carbonyl (C=O) groups is 6. The molecule has 0 spiro atoms. The second-order valence-electron chi connectivity index (χ2n) is 10.2. The summed E-state index contributed by atoms with van der Waals surface area (Å²) in [6.07, 6.45) is 0.0932. The number of hydrogen-bond donors (Lipinski definition) is 0. The van der Waals surface area contributed by atoms with Crippen LogP contribution in [-0.4, -0.2) is 49.8 Å². The molecule has 0 saturated heterocycles. The minimum atomic E-state index is -1.11. The molecular weight excluding hydrogens is 668 g/mol. The molecule has 0 unspecified atom stereocenters. The van der Waals surface area contributed by atoms with Crippen LogP contribution in [0.25, 0.3) is 11.1 Å². The topological polar surface area (TPSA) is 176 Å². The Labute approximate surface area is 289 Å². The van der Waals surface area contributed by atoms with Gasteiger partial charge in [0.2, 0.25) is 13.6 Å². The lowest BCUT2D eigenvalue weighted by atomic mass is 10.1. The van der Waals surface area contributed by atoms with Gasteiger partial charge in [-0.15, -0.1) is 0 Å².